The van der Waals surface area contributed by atoms with E-state index in [0.29, 0.717) is 0 Å². The van der Waals surface area contributed by atoms with Gasteiger partial charge in [0.25, 0.3) is 0 Å². The van der Waals surface area contributed by atoms with Crippen LogP contribution in [0, 0.1) is 0 Å². The molecule has 0 N–H and O–H groups in total. The average Bonchev–Trinajstić information content (AvgIpc) is 2.46. The van der Waals surface area contributed by atoms with Crippen LogP contribution in [0.3, 0.4) is 0 Å². The molecule has 0 nitrogen and oxygen atoms in total. The summed E-state index contributed by atoms with van der Waals surface area (Å²) in [5.41, 5.74) is 0. The Labute approximate surface area is 127 Å². The SMILES string of the molecule is C1=CCCCCCCCC/C=C/CCCCCCCC1. The van der Waals surface area contributed by atoms with E-state index in [1.54, 1.807) is 0 Å². The first kappa shape index (κ1) is 17.5. The molecule has 0 unspecified atom stereocenters. The van der Waals surface area contributed by atoms with Crippen LogP contribution in [0.1, 0.15) is 103 Å². The first-order valence-electron chi connectivity index (χ1n) is 9.30. The molecule has 0 aliphatic heterocycles. The van der Waals surface area contributed by atoms with Crippen molar-refractivity contribution >= 4 is 0 Å². The third-order valence-electron chi connectivity index (χ3n) is 4.32. The normalized spacial score (nSPS) is 24.0. The summed E-state index contributed by atoms with van der Waals surface area (Å²) in [6, 6.07) is 0. The predicted octanol–water partition coefficient (Wildman–Crippen LogP) is 7.35. The second kappa shape index (κ2) is 14.9. The molecule has 20 heavy (non-hydrogen) atoms. The minimum atomic E-state index is 1.31. The van der Waals surface area contributed by atoms with Gasteiger partial charge in [-0.15, -0.1) is 0 Å². The molecule has 0 amide bonds. The van der Waals surface area contributed by atoms with Gasteiger partial charge < -0.3 is 0 Å². The van der Waals surface area contributed by atoms with Gasteiger partial charge in [0, 0.05) is 0 Å². The lowest BCUT2D eigenvalue weighted by atomic mass is 10.1. The minimum Gasteiger partial charge on any atom is -0.0885 e. The van der Waals surface area contributed by atoms with E-state index in [9.17, 15) is 0 Å². The maximum Gasteiger partial charge on any atom is -0.0351 e. The zero-order chi connectivity index (χ0) is 14.1. The van der Waals surface area contributed by atoms with Crippen molar-refractivity contribution in [1.82, 2.24) is 0 Å². The van der Waals surface area contributed by atoms with Gasteiger partial charge in [-0.3, -0.25) is 0 Å². The summed E-state index contributed by atoms with van der Waals surface area (Å²) in [5, 5.41) is 0. The van der Waals surface area contributed by atoms with Gasteiger partial charge in [-0.25, -0.2) is 0 Å². The van der Waals surface area contributed by atoms with E-state index < -0.39 is 0 Å². The Morgan fingerprint density at radius 3 is 0.700 bits per heavy atom. The predicted molar refractivity (Wildman–Crippen MR) is 92.2 cm³/mol. The molecule has 0 bridgehead atoms. The van der Waals surface area contributed by atoms with Crippen LogP contribution in [0.15, 0.2) is 24.3 Å². The molecule has 0 spiro atoms. The number of hydrogen-bond donors (Lipinski definition) is 0. The van der Waals surface area contributed by atoms with Crippen LogP contribution in [0.5, 0.6) is 0 Å². The van der Waals surface area contributed by atoms with E-state index in [-0.39, 0.29) is 0 Å². The van der Waals surface area contributed by atoms with Crippen molar-refractivity contribution in [2.75, 3.05) is 0 Å². The Morgan fingerprint density at radius 2 is 0.450 bits per heavy atom. The van der Waals surface area contributed by atoms with Crippen LogP contribution in [-0.4, -0.2) is 0 Å². The largest absolute Gasteiger partial charge is 0.0885 e. The topological polar surface area (TPSA) is 0 Å². The molecule has 0 heterocycles. The highest BCUT2D eigenvalue weighted by Gasteiger charge is 1.92. The van der Waals surface area contributed by atoms with Crippen molar-refractivity contribution in [3.05, 3.63) is 24.3 Å². The van der Waals surface area contributed by atoms with E-state index in [1.165, 1.54) is 103 Å². The third-order valence-corrected chi connectivity index (χ3v) is 4.32. The highest BCUT2D eigenvalue weighted by Crippen LogP contribution is 2.12. The maximum absolute atomic E-state index is 2.42. The Bertz CT molecular complexity index is 186. The van der Waals surface area contributed by atoms with E-state index in [0.717, 1.165) is 0 Å². The average molecular weight is 277 g/mol. The van der Waals surface area contributed by atoms with E-state index in [1.807, 2.05) is 0 Å². The maximum atomic E-state index is 2.42. The minimum absolute atomic E-state index is 1.31. The van der Waals surface area contributed by atoms with Gasteiger partial charge in [0.1, 0.15) is 0 Å². The summed E-state index contributed by atoms with van der Waals surface area (Å²) in [6.45, 7) is 0. The van der Waals surface area contributed by atoms with Crippen molar-refractivity contribution < 1.29 is 0 Å². The van der Waals surface area contributed by atoms with Gasteiger partial charge in [0.2, 0.25) is 0 Å². The fourth-order valence-corrected chi connectivity index (χ4v) is 2.93. The standard InChI is InChI=1S/C20H36/c1-2-4-6-8-10-12-14-16-18-20-19-17-15-13-11-9-7-5-3-1/h1-2,19-20H,3-18H2/b2-1+,20-19?. The number of allylic oxidation sites excluding steroid dienone is 4. The molecular weight excluding hydrogens is 240 g/mol. The smallest absolute Gasteiger partial charge is 0.0351 e. The van der Waals surface area contributed by atoms with Gasteiger partial charge in [-0.1, -0.05) is 75.7 Å². The third kappa shape index (κ3) is 12.5. The van der Waals surface area contributed by atoms with Crippen LogP contribution in [-0.2, 0) is 0 Å². The van der Waals surface area contributed by atoms with Crippen molar-refractivity contribution in [2.45, 2.75) is 103 Å². The highest BCUT2D eigenvalue weighted by molar-refractivity contribution is 4.82. The molecule has 0 saturated heterocycles. The second-order valence-electron chi connectivity index (χ2n) is 6.34. The van der Waals surface area contributed by atoms with Gasteiger partial charge in [0.15, 0.2) is 0 Å². The molecule has 0 heteroatoms. The van der Waals surface area contributed by atoms with E-state index in [2.05, 4.69) is 24.3 Å². The quantitative estimate of drug-likeness (QED) is 0.405. The first-order valence-corrected chi connectivity index (χ1v) is 9.30. The monoisotopic (exact) mass is 276 g/mol. The van der Waals surface area contributed by atoms with Gasteiger partial charge in [-0.2, -0.15) is 0 Å². The molecule has 0 fully saturated rings. The van der Waals surface area contributed by atoms with Crippen molar-refractivity contribution in [2.24, 2.45) is 0 Å². The molecule has 0 radical (unpaired) electrons. The van der Waals surface area contributed by atoms with Gasteiger partial charge in [-0.05, 0) is 51.4 Å². The molecule has 1 rings (SSSR count). The number of rotatable bonds is 0. The van der Waals surface area contributed by atoms with Crippen molar-refractivity contribution in [1.29, 1.82) is 0 Å². The molecule has 0 saturated carbocycles. The molecule has 0 atom stereocenters. The summed E-state index contributed by atoms with van der Waals surface area (Å²) in [7, 11) is 0. The summed E-state index contributed by atoms with van der Waals surface area (Å²) < 4.78 is 0. The van der Waals surface area contributed by atoms with E-state index in [4.69, 9.17) is 0 Å². The first-order chi connectivity index (χ1) is 10.0. The summed E-state index contributed by atoms with van der Waals surface area (Å²) in [4.78, 5) is 0. The zero-order valence-electron chi connectivity index (χ0n) is 13.6. The molecule has 0 aromatic heterocycles. The summed E-state index contributed by atoms with van der Waals surface area (Å²) in [6.07, 6.45) is 32.0. The van der Waals surface area contributed by atoms with Crippen LogP contribution in [0.25, 0.3) is 0 Å². The molecular formula is C20H36. The van der Waals surface area contributed by atoms with Gasteiger partial charge in [0.05, 0.1) is 0 Å². The van der Waals surface area contributed by atoms with Crippen LogP contribution in [0.2, 0.25) is 0 Å². The Balaban J connectivity index is 2.11. The Morgan fingerprint density at radius 1 is 0.250 bits per heavy atom. The van der Waals surface area contributed by atoms with Gasteiger partial charge >= 0.3 is 0 Å². The molecule has 1 aliphatic rings. The van der Waals surface area contributed by atoms with Crippen LogP contribution >= 0.6 is 0 Å². The zero-order valence-corrected chi connectivity index (χ0v) is 13.6. The molecule has 1 aliphatic carbocycles. The fourth-order valence-electron chi connectivity index (χ4n) is 2.93. The van der Waals surface area contributed by atoms with Crippen molar-refractivity contribution in [3.8, 4) is 0 Å². The lowest BCUT2D eigenvalue weighted by Gasteiger charge is -2.01. The summed E-state index contributed by atoms with van der Waals surface area (Å²) >= 11 is 0. The molecule has 0 aromatic carbocycles. The Kier molecular flexibility index (Phi) is 13.0. The molecule has 116 valence electrons. The second-order valence-corrected chi connectivity index (χ2v) is 6.34. The van der Waals surface area contributed by atoms with E-state index >= 15 is 0 Å². The molecule has 0 aromatic rings. The lowest BCUT2D eigenvalue weighted by Crippen LogP contribution is -1.81. The van der Waals surface area contributed by atoms with Crippen molar-refractivity contribution in [3.63, 3.8) is 0 Å². The van der Waals surface area contributed by atoms with Crippen LogP contribution < -0.4 is 0 Å². The fraction of sp³-hybridized carbons (Fsp3) is 0.800. The highest BCUT2D eigenvalue weighted by atomic mass is 14.0. The Hall–Kier alpha value is -0.520. The summed E-state index contributed by atoms with van der Waals surface area (Å²) in [5.74, 6) is 0. The van der Waals surface area contributed by atoms with Crippen LogP contribution in [0.4, 0.5) is 0 Å². The number of hydrogen-bond acceptors (Lipinski definition) is 0. The lowest BCUT2D eigenvalue weighted by molar-refractivity contribution is 0.592.